The van der Waals surface area contributed by atoms with Gasteiger partial charge in [-0.05, 0) is 31.0 Å². The van der Waals surface area contributed by atoms with Gasteiger partial charge in [0.25, 0.3) is 0 Å². The summed E-state index contributed by atoms with van der Waals surface area (Å²) in [5, 5.41) is 1.20. The fraction of sp³-hybridized carbons (Fsp3) is 0.333. The first kappa shape index (κ1) is 10.1. The lowest BCUT2D eigenvalue weighted by Crippen LogP contribution is -1.97. The Morgan fingerprint density at radius 3 is 2.67 bits per heavy atom. The smallest absolute Gasteiger partial charge is 0.142 e. The van der Waals surface area contributed by atoms with Gasteiger partial charge in [0.1, 0.15) is 5.75 Å². The molecule has 0 fully saturated rings. The molecule has 0 aliphatic heterocycles. The van der Waals surface area contributed by atoms with Crippen molar-refractivity contribution in [3.05, 3.63) is 29.0 Å². The maximum absolute atomic E-state index is 5.76. The van der Waals surface area contributed by atoms with E-state index in [4.69, 9.17) is 10.5 Å². The summed E-state index contributed by atoms with van der Waals surface area (Å²) in [6.07, 6.45) is 0. The van der Waals surface area contributed by atoms with Gasteiger partial charge in [-0.3, -0.25) is 0 Å². The maximum Gasteiger partial charge on any atom is 0.142 e. The number of aromatic amines is 1. The van der Waals surface area contributed by atoms with Crippen molar-refractivity contribution in [3.8, 4) is 5.75 Å². The van der Waals surface area contributed by atoms with Crippen molar-refractivity contribution in [1.29, 1.82) is 0 Å². The topological polar surface area (TPSA) is 51.0 Å². The van der Waals surface area contributed by atoms with Crippen LogP contribution in [-0.2, 0) is 6.54 Å². The quantitative estimate of drug-likeness (QED) is 0.788. The predicted octanol–water partition coefficient (Wildman–Crippen LogP) is 2.25. The highest BCUT2D eigenvalue weighted by Gasteiger charge is 2.12. The standard InChI is InChI=1S/C12H16N2O/c1-7-4-5-10(15-3)12-11(7)9(6-13)8(2)14-12/h4-5,14H,6,13H2,1-3H3. The summed E-state index contributed by atoms with van der Waals surface area (Å²) in [7, 11) is 1.68. The van der Waals surface area contributed by atoms with Crippen molar-refractivity contribution >= 4 is 10.9 Å². The fourth-order valence-electron chi connectivity index (χ4n) is 2.08. The highest BCUT2D eigenvalue weighted by Crippen LogP contribution is 2.31. The second-order valence-corrected chi connectivity index (χ2v) is 3.77. The lowest BCUT2D eigenvalue weighted by molar-refractivity contribution is 0.419. The number of hydrogen-bond donors (Lipinski definition) is 2. The van der Waals surface area contributed by atoms with E-state index in [0.717, 1.165) is 17.0 Å². The summed E-state index contributed by atoms with van der Waals surface area (Å²) in [6.45, 7) is 4.69. The van der Waals surface area contributed by atoms with E-state index in [0.29, 0.717) is 6.54 Å². The van der Waals surface area contributed by atoms with Crippen LogP contribution in [0.1, 0.15) is 16.8 Å². The number of hydrogen-bond acceptors (Lipinski definition) is 2. The first-order valence-corrected chi connectivity index (χ1v) is 5.03. The third kappa shape index (κ3) is 1.39. The summed E-state index contributed by atoms with van der Waals surface area (Å²) >= 11 is 0. The third-order valence-corrected chi connectivity index (χ3v) is 2.87. The van der Waals surface area contributed by atoms with Crippen LogP contribution in [0.5, 0.6) is 5.75 Å². The molecule has 0 bridgehead atoms. The fourth-order valence-corrected chi connectivity index (χ4v) is 2.08. The molecule has 2 rings (SSSR count). The molecule has 0 spiro atoms. The van der Waals surface area contributed by atoms with Crippen LogP contribution in [0.2, 0.25) is 0 Å². The number of H-pyrrole nitrogens is 1. The number of fused-ring (bicyclic) bond motifs is 1. The van der Waals surface area contributed by atoms with Gasteiger partial charge in [0, 0.05) is 17.6 Å². The van der Waals surface area contributed by atoms with Gasteiger partial charge >= 0.3 is 0 Å². The van der Waals surface area contributed by atoms with Crippen LogP contribution in [0.4, 0.5) is 0 Å². The van der Waals surface area contributed by atoms with Crippen LogP contribution in [0.15, 0.2) is 12.1 Å². The average molecular weight is 204 g/mol. The zero-order valence-electron chi connectivity index (χ0n) is 9.35. The van der Waals surface area contributed by atoms with E-state index in [-0.39, 0.29) is 0 Å². The molecule has 1 aromatic carbocycles. The Kier molecular flexibility index (Phi) is 2.40. The van der Waals surface area contributed by atoms with Crippen LogP contribution >= 0.6 is 0 Å². The van der Waals surface area contributed by atoms with Gasteiger partial charge in [0.05, 0.1) is 12.6 Å². The van der Waals surface area contributed by atoms with E-state index in [1.165, 1.54) is 16.5 Å². The minimum atomic E-state index is 0.555. The Bertz CT molecular complexity index is 500. The SMILES string of the molecule is COc1ccc(C)c2c(CN)c(C)[nH]c12. The Labute approximate surface area is 89.2 Å². The second-order valence-electron chi connectivity index (χ2n) is 3.77. The highest BCUT2D eigenvalue weighted by molar-refractivity contribution is 5.92. The molecule has 0 aliphatic rings. The van der Waals surface area contributed by atoms with E-state index >= 15 is 0 Å². The first-order valence-electron chi connectivity index (χ1n) is 5.03. The number of nitrogens with one attached hydrogen (secondary N) is 1. The van der Waals surface area contributed by atoms with E-state index < -0.39 is 0 Å². The molecule has 0 saturated carbocycles. The summed E-state index contributed by atoms with van der Waals surface area (Å²) in [5.41, 5.74) is 10.4. The summed E-state index contributed by atoms with van der Waals surface area (Å²) < 4.78 is 5.32. The number of methoxy groups -OCH3 is 1. The molecular formula is C12H16N2O. The van der Waals surface area contributed by atoms with E-state index in [1.54, 1.807) is 7.11 Å². The lowest BCUT2D eigenvalue weighted by Gasteiger charge is -2.04. The van der Waals surface area contributed by atoms with Gasteiger partial charge in [-0.2, -0.15) is 0 Å². The molecule has 0 atom stereocenters. The maximum atomic E-state index is 5.76. The molecule has 1 aromatic heterocycles. The Morgan fingerprint density at radius 2 is 2.07 bits per heavy atom. The van der Waals surface area contributed by atoms with Crippen molar-refractivity contribution in [2.75, 3.05) is 7.11 Å². The number of rotatable bonds is 2. The zero-order chi connectivity index (χ0) is 11.0. The Balaban J connectivity index is 2.87. The van der Waals surface area contributed by atoms with Crippen LogP contribution < -0.4 is 10.5 Å². The minimum Gasteiger partial charge on any atom is -0.495 e. The monoisotopic (exact) mass is 204 g/mol. The summed E-state index contributed by atoms with van der Waals surface area (Å²) in [4.78, 5) is 3.33. The van der Waals surface area contributed by atoms with Crippen LogP contribution in [0, 0.1) is 13.8 Å². The first-order chi connectivity index (χ1) is 7.19. The molecule has 3 heteroatoms. The van der Waals surface area contributed by atoms with Gasteiger partial charge in [0.15, 0.2) is 0 Å². The van der Waals surface area contributed by atoms with E-state index in [9.17, 15) is 0 Å². The zero-order valence-corrected chi connectivity index (χ0v) is 9.35. The van der Waals surface area contributed by atoms with Crippen LogP contribution in [-0.4, -0.2) is 12.1 Å². The Hall–Kier alpha value is -1.48. The van der Waals surface area contributed by atoms with E-state index in [2.05, 4.69) is 18.0 Å². The minimum absolute atomic E-state index is 0.555. The molecule has 0 unspecified atom stereocenters. The van der Waals surface area contributed by atoms with Gasteiger partial charge in [-0.1, -0.05) is 6.07 Å². The third-order valence-electron chi connectivity index (χ3n) is 2.87. The molecule has 2 aromatic rings. The van der Waals surface area contributed by atoms with Gasteiger partial charge < -0.3 is 15.5 Å². The number of nitrogens with two attached hydrogens (primary N) is 1. The summed E-state index contributed by atoms with van der Waals surface area (Å²) in [5.74, 6) is 0.874. The number of benzene rings is 1. The molecule has 0 aliphatic carbocycles. The highest BCUT2D eigenvalue weighted by atomic mass is 16.5. The molecule has 1 heterocycles. The normalized spacial score (nSPS) is 10.9. The van der Waals surface area contributed by atoms with Crippen molar-refractivity contribution in [3.63, 3.8) is 0 Å². The molecule has 0 saturated heterocycles. The predicted molar refractivity (Wildman–Crippen MR) is 62.2 cm³/mol. The molecular weight excluding hydrogens is 188 g/mol. The lowest BCUT2D eigenvalue weighted by atomic mass is 10.1. The van der Waals surface area contributed by atoms with Crippen molar-refractivity contribution in [2.45, 2.75) is 20.4 Å². The molecule has 15 heavy (non-hydrogen) atoms. The van der Waals surface area contributed by atoms with Crippen molar-refractivity contribution in [2.24, 2.45) is 5.73 Å². The van der Waals surface area contributed by atoms with Crippen molar-refractivity contribution < 1.29 is 4.74 Å². The molecule has 80 valence electrons. The second kappa shape index (κ2) is 3.59. The van der Waals surface area contributed by atoms with Gasteiger partial charge in [0.2, 0.25) is 0 Å². The van der Waals surface area contributed by atoms with E-state index in [1.807, 2.05) is 13.0 Å². The number of ether oxygens (including phenoxy) is 1. The van der Waals surface area contributed by atoms with Crippen LogP contribution in [0.3, 0.4) is 0 Å². The molecule has 3 nitrogen and oxygen atoms in total. The Morgan fingerprint density at radius 1 is 1.33 bits per heavy atom. The molecule has 3 N–H and O–H groups in total. The number of aryl methyl sites for hydroxylation is 2. The largest absolute Gasteiger partial charge is 0.495 e. The van der Waals surface area contributed by atoms with Gasteiger partial charge in [-0.15, -0.1) is 0 Å². The average Bonchev–Trinajstić information content (AvgIpc) is 2.56. The van der Waals surface area contributed by atoms with Crippen LogP contribution in [0.25, 0.3) is 10.9 Å². The molecule has 0 radical (unpaired) electrons. The molecule has 0 amide bonds. The van der Waals surface area contributed by atoms with Crippen molar-refractivity contribution in [1.82, 2.24) is 4.98 Å². The number of aromatic nitrogens is 1. The summed E-state index contributed by atoms with van der Waals surface area (Å²) in [6, 6.07) is 4.04. The van der Waals surface area contributed by atoms with Gasteiger partial charge in [-0.25, -0.2) is 0 Å².